The molecule has 0 amide bonds. The Labute approximate surface area is 131 Å². The first-order chi connectivity index (χ1) is 10.1. The number of benzene rings is 1. The first kappa shape index (κ1) is 15.9. The first-order valence-electron chi connectivity index (χ1n) is 7.26. The summed E-state index contributed by atoms with van der Waals surface area (Å²) in [5.41, 5.74) is 2.05. The van der Waals surface area contributed by atoms with E-state index in [1.165, 1.54) is 0 Å². The van der Waals surface area contributed by atoms with Crippen molar-refractivity contribution in [2.24, 2.45) is 0 Å². The number of ether oxygens (including phenoxy) is 1. The van der Waals surface area contributed by atoms with Gasteiger partial charge < -0.3 is 10.1 Å². The van der Waals surface area contributed by atoms with E-state index in [0.29, 0.717) is 23.4 Å². The van der Waals surface area contributed by atoms with Crippen molar-refractivity contribution in [1.82, 2.24) is 15.1 Å². The fraction of sp³-hybridized carbons (Fsp3) is 0.438. The van der Waals surface area contributed by atoms with E-state index in [9.17, 15) is 0 Å². The third-order valence-corrected chi connectivity index (χ3v) is 3.44. The van der Waals surface area contributed by atoms with Crippen molar-refractivity contribution in [3.8, 4) is 5.75 Å². The van der Waals surface area contributed by atoms with Crippen LogP contribution in [0, 0.1) is 0 Å². The van der Waals surface area contributed by atoms with E-state index in [2.05, 4.69) is 31.2 Å². The van der Waals surface area contributed by atoms with Gasteiger partial charge in [0.05, 0.1) is 10.7 Å². The van der Waals surface area contributed by atoms with Crippen LogP contribution in [0.15, 0.2) is 30.5 Å². The van der Waals surface area contributed by atoms with Crippen molar-refractivity contribution in [1.29, 1.82) is 0 Å². The van der Waals surface area contributed by atoms with Gasteiger partial charge in [-0.2, -0.15) is 5.10 Å². The van der Waals surface area contributed by atoms with E-state index in [-0.39, 0.29) is 0 Å². The average Bonchev–Trinajstić information content (AvgIpc) is 2.93. The van der Waals surface area contributed by atoms with Crippen LogP contribution < -0.4 is 10.1 Å². The van der Waals surface area contributed by atoms with Crippen molar-refractivity contribution >= 4 is 11.6 Å². The smallest absolute Gasteiger partial charge is 0.138 e. The maximum Gasteiger partial charge on any atom is 0.138 e. The average molecular weight is 308 g/mol. The van der Waals surface area contributed by atoms with Crippen molar-refractivity contribution in [3.05, 3.63) is 46.7 Å². The minimum absolute atomic E-state index is 0.354. The minimum atomic E-state index is 0.354. The lowest BCUT2D eigenvalue weighted by atomic mass is 10.2. The lowest BCUT2D eigenvalue weighted by Gasteiger charge is -2.09. The second kappa shape index (κ2) is 7.48. The molecule has 0 aliphatic heterocycles. The Morgan fingerprint density at radius 2 is 2.14 bits per heavy atom. The van der Waals surface area contributed by atoms with Crippen molar-refractivity contribution < 1.29 is 4.74 Å². The van der Waals surface area contributed by atoms with Gasteiger partial charge in [-0.3, -0.25) is 4.68 Å². The highest BCUT2D eigenvalue weighted by molar-refractivity contribution is 6.32. The van der Waals surface area contributed by atoms with Crippen LogP contribution in [0.1, 0.15) is 38.1 Å². The van der Waals surface area contributed by atoms with E-state index >= 15 is 0 Å². The summed E-state index contributed by atoms with van der Waals surface area (Å²) in [6.07, 6.45) is 1.96. The molecule has 2 aromatic rings. The highest BCUT2D eigenvalue weighted by Crippen LogP contribution is 2.26. The molecule has 0 spiro atoms. The fourth-order valence-corrected chi connectivity index (χ4v) is 2.19. The number of hydrogen-bond donors (Lipinski definition) is 1. The Morgan fingerprint density at radius 3 is 2.76 bits per heavy atom. The monoisotopic (exact) mass is 307 g/mol. The highest BCUT2D eigenvalue weighted by atomic mass is 35.5. The number of nitrogens with one attached hydrogen (secondary N) is 1. The third kappa shape index (κ3) is 4.48. The molecule has 0 unspecified atom stereocenters. The molecule has 4 nitrogen and oxygen atoms in total. The molecule has 21 heavy (non-hydrogen) atoms. The second-order valence-corrected chi connectivity index (χ2v) is 5.62. The maximum atomic E-state index is 6.25. The second-order valence-electron chi connectivity index (χ2n) is 5.21. The third-order valence-electron chi connectivity index (χ3n) is 3.14. The summed E-state index contributed by atoms with van der Waals surface area (Å²) in [5, 5.41) is 8.35. The molecule has 5 heteroatoms. The molecular weight excluding hydrogens is 286 g/mol. The van der Waals surface area contributed by atoms with E-state index in [4.69, 9.17) is 16.3 Å². The van der Waals surface area contributed by atoms with Gasteiger partial charge in [0.2, 0.25) is 0 Å². The summed E-state index contributed by atoms with van der Waals surface area (Å²) in [7, 11) is 0. The molecule has 0 atom stereocenters. The zero-order valence-corrected chi connectivity index (χ0v) is 13.5. The van der Waals surface area contributed by atoms with Gasteiger partial charge >= 0.3 is 0 Å². The van der Waals surface area contributed by atoms with Crippen LogP contribution in [0.2, 0.25) is 5.02 Å². The normalized spacial score (nSPS) is 11.1. The molecule has 1 heterocycles. The highest BCUT2D eigenvalue weighted by Gasteiger charge is 2.06. The van der Waals surface area contributed by atoms with Crippen LogP contribution >= 0.6 is 11.6 Å². The zero-order valence-electron chi connectivity index (χ0n) is 12.8. The Kier molecular flexibility index (Phi) is 5.65. The fourth-order valence-electron chi connectivity index (χ4n) is 1.93. The molecule has 1 aromatic heterocycles. The van der Waals surface area contributed by atoms with Crippen molar-refractivity contribution in [2.75, 3.05) is 6.54 Å². The number of nitrogens with zero attached hydrogens (tertiary/aromatic N) is 2. The SMILES string of the molecule is CCNCc1ccc(OCc2ccn(C(C)C)n2)c(Cl)c1. The number of aromatic nitrogens is 2. The zero-order chi connectivity index (χ0) is 15.2. The molecule has 0 saturated carbocycles. The summed E-state index contributed by atoms with van der Waals surface area (Å²) >= 11 is 6.25. The van der Waals surface area contributed by atoms with E-state index in [1.54, 1.807) is 0 Å². The molecule has 0 bridgehead atoms. The van der Waals surface area contributed by atoms with Gasteiger partial charge in [0.1, 0.15) is 12.4 Å². The van der Waals surface area contributed by atoms with Gasteiger partial charge in [0.25, 0.3) is 0 Å². The summed E-state index contributed by atoms with van der Waals surface area (Å²) in [4.78, 5) is 0. The molecule has 0 fully saturated rings. The molecule has 0 aliphatic rings. The van der Waals surface area contributed by atoms with Gasteiger partial charge in [-0.1, -0.05) is 24.6 Å². The van der Waals surface area contributed by atoms with Gasteiger partial charge in [0.15, 0.2) is 0 Å². The quantitative estimate of drug-likeness (QED) is 0.845. The lowest BCUT2D eigenvalue weighted by Crippen LogP contribution is -2.11. The molecule has 2 rings (SSSR count). The van der Waals surface area contributed by atoms with Crippen molar-refractivity contribution in [2.45, 2.75) is 40.0 Å². The molecular formula is C16H22ClN3O. The Bertz CT molecular complexity index is 581. The largest absolute Gasteiger partial charge is 0.486 e. The summed E-state index contributed by atoms with van der Waals surface area (Å²) < 4.78 is 7.66. The Balaban J connectivity index is 1.96. The Hall–Kier alpha value is -1.52. The minimum Gasteiger partial charge on any atom is -0.486 e. The van der Waals surface area contributed by atoms with E-state index in [0.717, 1.165) is 24.3 Å². The predicted octanol–water partition coefficient (Wildman–Crippen LogP) is 3.81. The standard InChI is InChI=1S/C16H22ClN3O/c1-4-18-10-13-5-6-16(15(17)9-13)21-11-14-7-8-20(19-14)12(2)3/h5-9,12,18H,4,10-11H2,1-3H3. The lowest BCUT2D eigenvalue weighted by molar-refractivity contribution is 0.299. The van der Waals surface area contributed by atoms with Crippen LogP contribution in [0.4, 0.5) is 0 Å². The van der Waals surface area contributed by atoms with Gasteiger partial charge in [-0.15, -0.1) is 0 Å². The van der Waals surface area contributed by atoms with E-state index in [1.807, 2.05) is 35.1 Å². The summed E-state index contributed by atoms with van der Waals surface area (Å²) in [6.45, 7) is 8.44. The molecule has 1 N–H and O–H groups in total. The van der Waals surface area contributed by atoms with E-state index < -0.39 is 0 Å². The van der Waals surface area contributed by atoms with Crippen LogP contribution in [-0.4, -0.2) is 16.3 Å². The first-order valence-corrected chi connectivity index (χ1v) is 7.64. The summed E-state index contributed by atoms with van der Waals surface area (Å²) in [6, 6.07) is 8.19. The maximum absolute atomic E-state index is 6.25. The number of halogens is 1. The van der Waals surface area contributed by atoms with Crippen LogP contribution in [-0.2, 0) is 13.2 Å². The van der Waals surface area contributed by atoms with Crippen LogP contribution in [0.3, 0.4) is 0 Å². The van der Waals surface area contributed by atoms with Crippen LogP contribution in [0.25, 0.3) is 0 Å². The Morgan fingerprint density at radius 1 is 1.33 bits per heavy atom. The van der Waals surface area contributed by atoms with Gasteiger partial charge in [-0.05, 0) is 44.2 Å². The molecule has 0 aliphatic carbocycles. The number of hydrogen-bond acceptors (Lipinski definition) is 3. The van der Waals surface area contributed by atoms with Crippen LogP contribution in [0.5, 0.6) is 5.75 Å². The number of rotatable bonds is 7. The molecule has 0 saturated heterocycles. The summed E-state index contributed by atoms with van der Waals surface area (Å²) in [5.74, 6) is 0.691. The molecule has 1 aromatic carbocycles. The predicted molar refractivity (Wildman–Crippen MR) is 85.8 cm³/mol. The van der Waals surface area contributed by atoms with Crippen molar-refractivity contribution in [3.63, 3.8) is 0 Å². The topological polar surface area (TPSA) is 39.1 Å². The van der Waals surface area contributed by atoms with Gasteiger partial charge in [0, 0.05) is 18.8 Å². The molecule has 114 valence electrons. The van der Waals surface area contributed by atoms with Gasteiger partial charge in [-0.25, -0.2) is 0 Å². The molecule has 0 radical (unpaired) electrons.